The fraction of sp³-hybridized carbons (Fsp3) is 0.333. The second kappa shape index (κ2) is 5.18. The maximum Gasteiger partial charge on any atom is 0.0236 e. The number of fused-ring (bicyclic) bond motifs is 1. The van der Waals surface area contributed by atoms with Gasteiger partial charge in [0.15, 0.2) is 0 Å². The van der Waals surface area contributed by atoms with Crippen molar-refractivity contribution < 1.29 is 0 Å². The van der Waals surface area contributed by atoms with Gasteiger partial charge in [-0.25, -0.2) is 0 Å². The van der Waals surface area contributed by atoms with Crippen LogP contribution in [0.2, 0.25) is 0 Å². The molecule has 0 aliphatic heterocycles. The molecule has 19 heavy (non-hydrogen) atoms. The Balaban J connectivity index is 1.57. The zero-order valence-corrected chi connectivity index (χ0v) is 11.3. The first kappa shape index (κ1) is 12.4. The molecule has 2 N–H and O–H groups in total. The van der Waals surface area contributed by atoms with Gasteiger partial charge in [-0.15, -0.1) is 0 Å². The van der Waals surface area contributed by atoms with Crippen molar-refractivity contribution in [2.75, 3.05) is 0 Å². The Hall–Kier alpha value is -1.60. The summed E-state index contributed by atoms with van der Waals surface area (Å²) in [4.78, 5) is 0. The molecule has 1 aliphatic carbocycles. The van der Waals surface area contributed by atoms with Crippen LogP contribution in [0.15, 0.2) is 54.6 Å². The molecule has 0 fully saturated rings. The molecular formula is C18H21N. The minimum atomic E-state index is -0.0154. The molecule has 0 spiro atoms. The molecule has 1 aliphatic rings. The van der Waals surface area contributed by atoms with Crippen molar-refractivity contribution in [3.63, 3.8) is 0 Å². The molecule has 2 aromatic rings. The van der Waals surface area contributed by atoms with E-state index in [4.69, 9.17) is 5.73 Å². The summed E-state index contributed by atoms with van der Waals surface area (Å²) in [6.07, 6.45) is 5.50. The molecule has 98 valence electrons. The first-order valence-corrected chi connectivity index (χ1v) is 7.15. The third-order valence-electron chi connectivity index (χ3n) is 4.19. The van der Waals surface area contributed by atoms with Crippen LogP contribution in [0.3, 0.4) is 0 Å². The standard InChI is InChI=1S/C18H21N/c19-18(12-6-9-15-7-2-1-3-8-15)13-16-10-4-5-11-17(16)14-18/h1-5,7-8,10-11H,6,9,12-14,19H2. The fourth-order valence-corrected chi connectivity index (χ4v) is 3.19. The molecule has 0 bridgehead atoms. The van der Waals surface area contributed by atoms with E-state index in [0.29, 0.717) is 0 Å². The van der Waals surface area contributed by atoms with Gasteiger partial charge in [0.2, 0.25) is 0 Å². The van der Waals surface area contributed by atoms with E-state index in [-0.39, 0.29) is 5.54 Å². The SMILES string of the molecule is NC1(CCCc2ccccc2)Cc2ccccc2C1. The van der Waals surface area contributed by atoms with Crippen LogP contribution in [0.1, 0.15) is 29.5 Å². The average Bonchev–Trinajstić information content (AvgIpc) is 2.76. The van der Waals surface area contributed by atoms with Gasteiger partial charge in [0.05, 0.1) is 0 Å². The molecule has 0 saturated heterocycles. The lowest BCUT2D eigenvalue weighted by atomic mass is 9.90. The fourth-order valence-electron chi connectivity index (χ4n) is 3.19. The van der Waals surface area contributed by atoms with E-state index in [1.165, 1.54) is 23.1 Å². The third-order valence-corrected chi connectivity index (χ3v) is 4.19. The largest absolute Gasteiger partial charge is 0.324 e. The van der Waals surface area contributed by atoms with Crippen LogP contribution in [0.25, 0.3) is 0 Å². The summed E-state index contributed by atoms with van der Waals surface area (Å²) in [5.74, 6) is 0. The number of hydrogen-bond acceptors (Lipinski definition) is 1. The van der Waals surface area contributed by atoms with Gasteiger partial charge in [-0.3, -0.25) is 0 Å². The van der Waals surface area contributed by atoms with Gasteiger partial charge in [0.1, 0.15) is 0 Å². The Morgan fingerprint density at radius 2 is 1.42 bits per heavy atom. The highest BCUT2D eigenvalue weighted by Gasteiger charge is 2.32. The molecule has 0 aromatic heterocycles. The summed E-state index contributed by atoms with van der Waals surface area (Å²) < 4.78 is 0. The second-order valence-corrected chi connectivity index (χ2v) is 5.82. The van der Waals surface area contributed by atoms with Crippen LogP contribution < -0.4 is 5.73 Å². The summed E-state index contributed by atoms with van der Waals surface area (Å²) in [6, 6.07) is 19.4. The van der Waals surface area contributed by atoms with Crippen molar-refractivity contribution in [1.82, 2.24) is 0 Å². The second-order valence-electron chi connectivity index (χ2n) is 5.82. The number of nitrogens with two attached hydrogens (primary N) is 1. The van der Waals surface area contributed by atoms with Gasteiger partial charge >= 0.3 is 0 Å². The normalized spacial score (nSPS) is 16.3. The van der Waals surface area contributed by atoms with Gasteiger partial charge in [0, 0.05) is 5.54 Å². The van der Waals surface area contributed by atoms with E-state index in [9.17, 15) is 0 Å². The minimum absolute atomic E-state index is 0.0154. The van der Waals surface area contributed by atoms with Gasteiger partial charge in [-0.1, -0.05) is 54.6 Å². The average molecular weight is 251 g/mol. The predicted molar refractivity (Wildman–Crippen MR) is 80.1 cm³/mol. The molecule has 2 aromatic carbocycles. The Labute approximate surface area is 115 Å². The zero-order chi connectivity index (χ0) is 13.1. The molecule has 3 rings (SSSR count). The maximum atomic E-state index is 6.57. The van der Waals surface area contributed by atoms with E-state index in [1.807, 2.05) is 0 Å². The van der Waals surface area contributed by atoms with E-state index >= 15 is 0 Å². The molecule has 0 unspecified atom stereocenters. The number of rotatable bonds is 4. The van der Waals surface area contributed by atoms with Gasteiger partial charge in [-0.05, 0) is 48.8 Å². The van der Waals surface area contributed by atoms with Gasteiger partial charge in [0.25, 0.3) is 0 Å². The first-order chi connectivity index (χ1) is 9.25. The Morgan fingerprint density at radius 1 is 0.842 bits per heavy atom. The van der Waals surface area contributed by atoms with Crippen molar-refractivity contribution in [2.24, 2.45) is 5.73 Å². The summed E-state index contributed by atoms with van der Waals surface area (Å²) in [7, 11) is 0. The van der Waals surface area contributed by atoms with Crippen molar-refractivity contribution in [2.45, 2.75) is 37.6 Å². The Morgan fingerprint density at radius 3 is 2.05 bits per heavy atom. The van der Waals surface area contributed by atoms with Gasteiger partial charge in [-0.2, -0.15) is 0 Å². The van der Waals surface area contributed by atoms with Crippen LogP contribution >= 0.6 is 0 Å². The molecular weight excluding hydrogens is 230 g/mol. The quantitative estimate of drug-likeness (QED) is 0.884. The predicted octanol–water partition coefficient (Wildman–Crippen LogP) is 3.51. The maximum absolute atomic E-state index is 6.57. The summed E-state index contributed by atoms with van der Waals surface area (Å²) in [5.41, 5.74) is 10.9. The molecule has 1 nitrogen and oxygen atoms in total. The van der Waals surface area contributed by atoms with Crippen molar-refractivity contribution in [3.8, 4) is 0 Å². The van der Waals surface area contributed by atoms with Crippen molar-refractivity contribution in [1.29, 1.82) is 0 Å². The highest BCUT2D eigenvalue weighted by Crippen LogP contribution is 2.31. The van der Waals surface area contributed by atoms with Crippen molar-refractivity contribution in [3.05, 3.63) is 71.3 Å². The highest BCUT2D eigenvalue weighted by atomic mass is 14.7. The monoisotopic (exact) mass is 251 g/mol. The lowest BCUT2D eigenvalue weighted by molar-refractivity contribution is 0.402. The van der Waals surface area contributed by atoms with Gasteiger partial charge < -0.3 is 5.73 Å². The molecule has 0 atom stereocenters. The van der Waals surface area contributed by atoms with E-state index in [2.05, 4.69) is 54.6 Å². The molecule has 1 heteroatoms. The summed E-state index contributed by atoms with van der Waals surface area (Å²) in [5, 5.41) is 0. The van der Waals surface area contributed by atoms with Crippen LogP contribution in [-0.2, 0) is 19.3 Å². The van der Waals surface area contributed by atoms with E-state index in [0.717, 1.165) is 25.7 Å². The highest BCUT2D eigenvalue weighted by molar-refractivity contribution is 5.35. The number of aryl methyl sites for hydroxylation is 1. The van der Waals surface area contributed by atoms with Crippen LogP contribution in [0, 0.1) is 0 Å². The third kappa shape index (κ3) is 2.87. The molecule has 0 radical (unpaired) electrons. The summed E-state index contributed by atoms with van der Waals surface area (Å²) >= 11 is 0. The smallest absolute Gasteiger partial charge is 0.0236 e. The lowest BCUT2D eigenvalue weighted by Crippen LogP contribution is -2.40. The van der Waals surface area contributed by atoms with E-state index in [1.54, 1.807) is 0 Å². The first-order valence-electron chi connectivity index (χ1n) is 7.15. The number of benzene rings is 2. The molecule has 0 saturated carbocycles. The minimum Gasteiger partial charge on any atom is -0.324 e. The molecule has 0 heterocycles. The van der Waals surface area contributed by atoms with Crippen LogP contribution in [-0.4, -0.2) is 5.54 Å². The van der Waals surface area contributed by atoms with Crippen molar-refractivity contribution >= 4 is 0 Å². The molecule has 0 amide bonds. The van der Waals surface area contributed by atoms with Crippen LogP contribution in [0.5, 0.6) is 0 Å². The Kier molecular flexibility index (Phi) is 3.39. The van der Waals surface area contributed by atoms with E-state index < -0.39 is 0 Å². The zero-order valence-electron chi connectivity index (χ0n) is 11.3. The lowest BCUT2D eigenvalue weighted by Gasteiger charge is -2.23. The summed E-state index contributed by atoms with van der Waals surface area (Å²) in [6.45, 7) is 0. The number of hydrogen-bond donors (Lipinski definition) is 1. The Bertz CT molecular complexity index is 520. The van der Waals surface area contributed by atoms with Crippen LogP contribution in [0.4, 0.5) is 0 Å². The topological polar surface area (TPSA) is 26.0 Å².